The summed E-state index contributed by atoms with van der Waals surface area (Å²) in [5, 5.41) is 6.61. The maximum atomic E-state index is 4.47. The monoisotopic (exact) mass is 250 g/mol. The summed E-state index contributed by atoms with van der Waals surface area (Å²) in [4.78, 5) is 8.68. The van der Waals surface area contributed by atoms with E-state index in [9.17, 15) is 0 Å². The van der Waals surface area contributed by atoms with Crippen molar-refractivity contribution in [1.82, 2.24) is 19.9 Å². The van der Waals surface area contributed by atoms with E-state index < -0.39 is 0 Å². The molecule has 0 unspecified atom stereocenters. The topological polar surface area (TPSA) is 42.7 Å². The maximum Gasteiger partial charge on any atom is 0.113 e. The van der Waals surface area contributed by atoms with Crippen LogP contribution in [0.15, 0.2) is 17.9 Å². The fourth-order valence-electron chi connectivity index (χ4n) is 1.65. The van der Waals surface area contributed by atoms with Gasteiger partial charge < -0.3 is 9.88 Å². The third kappa shape index (κ3) is 3.38. The van der Waals surface area contributed by atoms with Crippen LogP contribution in [0.1, 0.15) is 29.7 Å². The van der Waals surface area contributed by atoms with E-state index in [1.807, 2.05) is 19.4 Å². The lowest BCUT2D eigenvalue weighted by atomic mass is 10.4. The van der Waals surface area contributed by atoms with Crippen LogP contribution in [-0.2, 0) is 13.1 Å². The van der Waals surface area contributed by atoms with Gasteiger partial charge in [0, 0.05) is 23.8 Å². The van der Waals surface area contributed by atoms with Crippen molar-refractivity contribution in [1.29, 1.82) is 0 Å². The molecule has 2 heterocycles. The Balaban J connectivity index is 1.98. The quantitative estimate of drug-likeness (QED) is 0.799. The molecule has 0 aliphatic heterocycles. The van der Waals surface area contributed by atoms with Crippen LogP contribution in [0.3, 0.4) is 0 Å². The van der Waals surface area contributed by atoms with E-state index >= 15 is 0 Å². The maximum absolute atomic E-state index is 4.47. The Morgan fingerprint density at radius 3 is 3.06 bits per heavy atom. The van der Waals surface area contributed by atoms with Gasteiger partial charge in [-0.3, -0.25) is 0 Å². The minimum Gasteiger partial charge on any atom is -0.326 e. The van der Waals surface area contributed by atoms with Crippen molar-refractivity contribution >= 4 is 11.3 Å². The van der Waals surface area contributed by atoms with Crippen LogP contribution in [0.25, 0.3) is 0 Å². The van der Waals surface area contributed by atoms with E-state index in [0.29, 0.717) is 0 Å². The second-order valence-electron chi connectivity index (χ2n) is 4.07. The summed E-state index contributed by atoms with van der Waals surface area (Å²) >= 11 is 1.70. The Hall–Kier alpha value is -1.20. The first-order chi connectivity index (χ1) is 8.29. The molecular weight excluding hydrogens is 232 g/mol. The molecule has 17 heavy (non-hydrogen) atoms. The molecule has 92 valence electrons. The van der Waals surface area contributed by atoms with Gasteiger partial charge in [0.05, 0.1) is 18.6 Å². The molecule has 0 radical (unpaired) electrons. The Labute approximate surface area is 106 Å². The van der Waals surface area contributed by atoms with Crippen LogP contribution in [0.5, 0.6) is 0 Å². The molecule has 2 rings (SSSR count). The molecule has 0 aliphatic carbocycles. The van der Waals surface area contributed by atoms with Crippen LogP contribution >= 0.6 is 11.3 Å². The van der Waals surface area contributed by atoms with E-state index in [2.05, 4.69) is 32.2 Å². The van der Waals surface area contributed by atoms with E-state index in [-0.39, 0.29) is 0 Å². The van der Waals surface area contributed by atoms with Gasteiger partial charge in [-0.25, -0.2) is 9.97 Å². The highest BCUT2D eigenvalue weighted by atomic mass is 32.1. The molecule has 2 aromatic heterocycles. The van der Waals surface area contributed by atoms with Crippen molar-refractivity contribution < 1.29 is 0 Å². The van der Waals surface area contributed by atoms with Gasteiger partial charge in [-0.1, -0.05) is 6.92 Å². The number of nitrogens with one attached hydrogen (secondary N) is 1. The number of rotatable bonds is 6. The summed E-state index contributed by atoms with van der Waals surface area (Å²) in [6.45, 7) is 6.93. The zero-order chi connectivity index (χ0) is 12.1. The number of hydrogen-bond donors (Lipinski definition) is 1. The molecule has 0 fully saturated rings. The van der Waals surface area contributed by atoms with Gasteiger partial charge >= 0.3 is 0 Å². The number of aromatic nitrogens is 3. The molecule has 5 heteroatoms. The molecule has 1 N–H and O–H groups in total. The van der Waals surface area contributed by atoms with E-state index in [0.717, 1.165) is 36.8 Å². The van der Waals surface area contributed by atoms with Crippen LogP contribution in [0.2, 0.25) is 0 Å². The molecule has 0 spiro atoms. The lowest BCUT2D eigenvalue weighted by molar-refractivity contribution is 0.629. The van der Waals surface area contributed by atoms with E-state index in [1.165, 1.54) is 5.69 Å². The van der Waals surface area contributed by atoms with E-state index in [4.69, 9.17) is 0 Å². The van der Waals surface area contributed by atoms with Gasteiger partial charge in [0.2, 0.25) is 0 Å². The highest BCUT2D eigenvalue weighted by molar-refractivity contribution is 7.09. The molecule has 0 atom stereocenters. The van der Waals surface area contributed by atoms with Gasteiger partial charge in [-0.15, -0.1) is 11.3 Å². The number of hydrogen-bond acceptors (Lipinski definition) is 4. The van der Waals surface area contributed by atoms with Crippen molar-refractivity contribution in [2.24, 2.45) is 0 Å². The third-order valence-electron chi connectivity index (χ3n) is 2.50. The Morgan fingerprint density at radius 1 is 1.47 bits per heavy atom. The van der Waals surface area contributed by atoms with Crippen LogP contribution in [0.4, 0.5) is 0 Å². The number of aryl methyl sites for hydroxylation is 1. The summed E-state index contributed by atoms with van der Waals surface area (Å²) in [7, 11) is 0. The lowest BCUT2D eigenvalue weighted by Crippen LogP contribution is -2.16. The van der Waals surface area contributed by atoms with Gasteiger partial charge in [-0.2, -0.15) is 0 Å². The highest BCUT2D eigenvalue weighted by Gasteiger charge is 2.04. The van der Waals surface area contributed by atoms with Gasteiger partial charge in [-0.05, 0) is 19.9 Å². The minimum absolute atomic E-state index is 0.821. The SMILES string of the molecule is CCCNCc1cncn1Cc1nc(C)cs1. The summed E-state index contributed by atoms with van der Waals surface area (Å²) in [5.74, 6) is 0. The molecule has 4 nitrogen and oxygen atoms in total. The molecule has 0 bridgehead atoms. The Bertz CT molecular complexity index is 461. The predicted octanol–water partition coefficient (Wildman–Crippen LogP) is 2.20. The van der Waals surface area contributed by atoms with Crippen molar-refractivity contribution in [3.05, 3.63) is 34.3 Å². The summed E-state index contributed by atoms with van der Waals surface area (Å²) in [6, 6.07) is 0. The van der Waals surface area contributed by atoms with Crippen LogP contribution in [-0.4, -0.2) is 21.1 Å². The molecular formula is C12H18N4S. The smallest absolute Gasteiger partial charge is 0.113 e. The first-order valence-electron chi connectivity index (χ1n) is 5.90. The number of nitrogens with zero attached hydrogens (tertiary/aromatic N) is 3. The highest BCUT2D eigenvalue weighted by Crippen LogP contribution is 2.11. The third-order valence-corrected chi connectivity index (χ3v) is 3.46. The van der Waals surface area contributed by atoms with Crippen molar-refractivity contribution in [2.45, 2.75) is 33.4 Å². The summed E-state index contributed by atoms with van der Waals surface area (Å²) < 4.78 is 2.15. The van der Waals surface area contributed by atoms with Gasteiger partial charge in [0.1, 0.15) is 5.01 Å². The van der Waals surface area contributed by atoms with Crippen molar-refractivity contribution in [3.63, 3.8) is 0 Å². The fraction of sp³-hybridized carbons (Fsp3) is 0.500. The average Bonchev–Trinajstić information content (AvgIpc) is 2.90. The summed E-state index contributed by atoms with van der Waals surface area (Å²) in [5.41, 5.74) is 2.31. The minimum atomic E-state index is 0.821. The molecule has 0 saturated heterocycles. The molecule has 0 aliphatic rings. The molecule has 0 saturated carbocycles. The second-order valence-corrected chi connectivity index (χ2v) is 5.01. The van der Waals surface area contributed by atoms with Gasteiger partial charge in [0.25, 0.3) is 0 Å². The normalized spacial score (nSPS) is 10.9. The largest absolute Gasteiger partial charge is 0.326 e. The first-order valence-corrected chi connectivity index (χ1v) is 6.78. The van der Waals surface area contributed by atoms with E-state index in [1.54, 1.807) is 11.3 Å². The molecule has 0 aromatic carbocycles. The second kappa shape index (κ2) is 5.93. The zero-order valence-corrected chi connectivity index (χ0v) is 11.1. The predicted molar refractivity (Wildman–Crippen MR) is 70.2 cm³/mol. The zero-order valence-electron chi connectivity index (χ0n) is 10.3. The molecule has 0 amide bonds. The van der Waals surface area contributed by atoms with Crippen LogP contribution in [0, 0.1) is 6.92 Å². The van der Waals surface area contributed by atoms with Crippen molar-refractivity contribution in [2.75, 3.05) is 6.54 Å². The van der Waals surface area contributed by atoms with Crippen molar-refractivity contribution in [3.8, 4) is 0 Å². The average molecular weight is 250 g/mol. The Kier molecular flexibility index (Phi) is 4.28. The fourth-order valence-corrected chi connectivity index (χ4v) is 2.42. The number of imidazole rings is 1. The lowest BCUT2D eigenvalue weighted by Gasteiger charge is -2.06. The summed E-state index contributed by atoms with van der Waals surface area (Å²) in [6.07, 6.45) is 4.95. The molecule has 2 aromatic rings. The number of thiazole rings is 1. The van der Waals surface area contributed by atoms with Gasteiger partial charge in [0.15, 0.2) is 0 Å². The standard InChI is InChI=1S/C12H18N4S/c1-3-4-13-5-11-6-14-9-16(11)7-12-15-10(2)8-17-12/h6,8-9,13H,3-5,7H2,1-2H3. The Morgan fingerprint density at radius 2 is 2.35 bits per heavy atom. The first kappa shape index (κ1) is 12.3. The van der Waals surface area contributed by atoms with Crippen LogP contribution < -0.4 is 5.32 Å².